The van der Waals surface area contributed by atoms with Crippen molar-refractivity contribution >= 4 is 17.3 Å². The van der Waals surface area contributed by atoms with E-state index in [1.165, 1.54) is 6.07 Å². The van der Waals surface area contributed by atoms with Gasteiger partial charge < -0.3 is 16.0 Å². The molecule has 0 aliphatic carbocycles. The Hall–Kier alpha value is -1.78. The summed E-state index contributed by atoms with van der Waals surface area (Å²) < 4.78 is 13.3. The molecule has 0 aromatic heterocycles. The molecule has 5 heteroatoms. The Kier molecular flexibility index (Phi) is 4.95. The monoisotopic (exact) mass is 253 g/mol. The van der Waals surface area contributed by atoms with Crippen LogP contribution in [0.4, 0.5) is 15.8 Å². The molecule has 0 bridgehead atoms. The number of hydrogen-bond acceptors (Lipinski definition) is 3. The number of carbonyl (C=O) groups excluding carboxylic acids is 1. The molecule has 0 spiro atoms. The number of anilines is 2. The van der Waals surface area contributed by atoms with Gasteiger partial charge in [-0.2, -0.15) is 0 Å². The van der Waals surface area contributed by atoms with Crippen LogP contribution in [0.5, 0.6) is 0 Å². The summed E-state index contributed by atoms with van der Waals surface area (Å²) in [6.07, 6.45) is 0. The predicted octanol–water partition coefficient (Wildman–Crippen LogP) is 2.08. The Labute approximate surface area is 107 Å². The molecule has 1 rings (SSSR count). The lowest BCUT2D eigenvalue weighted by Crippen LogP contribution is -2.41. The summed E-state index contributed by atoms with van der Waals surface area (Å²) >= 11 is 0. The highest BCUT2D eigenvalue weighted by atomic mass is 19.1. The number of carbonyl (C=O) groups is 1. The van der Waals surface area contributed by atoms with Gasteiger partial charge in [0.2, 0.25) is 5.91 Å². The molecule has 18 heavy (non-hydrogen) atoms. The lowest BCUT2D eigenvalue weighted by Gasteiger charge is -2.24. The minimum atomic E-state index is -0.484. The van der Waals surface area contributed by atoms with Gasteiger partial charge in [-0.15, -0.1) is 0 Å². The summed E-state index contributed by atoms with van der Waals surface area (Å²) in [4.78, 5) is 13.8. The van der Waals surface area contributed by atoms with Crippen LogP contribution in [0.25, 0.3) is 0 Å². The minimum Gasteiger partial charge on any atom is -0.395 e. The number of likely N-dealkylation sites (N-methyl/N-ethyl adjacent to an activating group) is 1. The standard InChI is InChI=1S/C13H20FN3O/c1-4-17(5-2)13(18)9(3)16-11-8-6-7-10(14)12(11)15/h6-9,16H,4-5,15H2,1-3H3. The van der Waals surface area contributed by atoms with Crippen molar-refractivity contribution in [1.29, 1.82) is 0 Å². The van der Waals surface area contributed by atoms with E-state index in [4.69, 9.17) is 5.73 Å². The smallest absolute Gasteiger partial charge is 0.244 e. The van der Waals surface area contributed by atoms with E-state index in [9.17, 15) is 9.18 Å². The molecular weight excluding hydrogens is 233 g/mol. The normalized spacial score (nSPS) is 12.0. The third-order valence-corrected chi connectivity index (χ3v) is 2.87. The second-order valence-corrected chi connectivity index (χ2v) is 4.08. The van der Waals surface area contributed by atoms with Crippen molar-refractivity contribution in [1.82, 2.24) is 4.90 Å². The van der Waals surface area contributed by atoms with Gasteiger partial charge in [-0.25, -0.2) is 4.39 Å². The van der Waals surface area contributed by atoms with Crippen LogP contribution in [-0.4, -0.2) is 29.9 Å². The van der Waals surface area contributed by atoms with Crippen molar-refractivity contribution in [2.24, 2.45) is 0 Å². The number of nitrogen functional groups attached to an aromatic ring is 1. The Morgan fingerprint density at radius 1 is 1.44 bits per heavy atom. The van der Waals surface area contributed by atoms with Gasteiger partial charge in [0.25, 0.3) is 0 Å². The van der Waals surface area contributed by atoms with Gasteiger partial charge in [-0.05, 0) is 32.9 Å². The Bertz CT molecular complexity index is 419. The number of amides is 1. The minimum absolute atomic E-state index is 0.0244. The number of hydrogen-bond donors (Lipinski definition) is 2. The van der Waals surface area contributed by atoms with Crippen LogP contribution < -0.4 is 11.1 Å². The average Bonchev–Trinajstić information content (AvgIpc) is 2.36. The summed E-state index contributed by atoms with van der Waals surface area (Å²) in [5.41, 5.74) is 6.10. The molecule has 100 valence electrons. The molecule has 0 aliphatic heterocycles. The van der Waals surface area contributed by atoms with Gasteiger partial charge in [0.15, 0.2) is 0 Å². The first kappa shape index (κ1) is 14.3. The molecule has 4 nitrogen and oxygen atoms in total. The van der Waals surface area contributed by atoms with Crippen LogP contribution >= 0.6 is 0 Å². The Balaban J connectivity index is 2.78. The number of rotatable bonds is 5. The lowest BCUT2D eigenvalue weighted by atomic mass is 10.2. The molecule has 1 unspecified atom stereocenters. The van der Waals surface area contributed by atoms with E-state index >= 15 is 0 Å². The Morgan fingerprint density at radius 3 is 2.61 bits per heavy atom. The van der Waals surface area contributed by atoms with Crippen molar-refractivity contribution in [2.45, 2.75) is 26.8 Å². The van der Waals surface area contributed by atoms with Crippen LogP contribution in [0, 0.1) is 5.82 Å². The van der Waals surface area contributed by atoms with Gasteiger partial charge in [0.05, 0.1) is 11.4 Å². The Morgan fingerprint density at radius 2 is 2.06 bits per heavy atom. The highest BCUT2D eigenvalue weighted by Gasteiger charge is 2.18. The molecule has 1 atom stereocenters. The molecule has 0 saturated carbocycles. The molecule has 0 radical (unpaired) electrons. The molecule has 1 amide bonds. The number of halogens is 1. The second-order valence-electron chi connectivity index (χ2n) is 4.08. The highest BCUT2D eigenvalue weighted by Crippen LogP contribution is 2.22. The highest BCUT2D eigenvalue weighted by molar-refractivity contribution is 5.85. The van der Waals surface area contributed by atoms with E-state index in [-0.39, 0.29) is 11.6 Å². The van der Waals surface area contributed by atoms with Crippen LogP contribution in [0.1, 0.15) is 20.8 Å². The molecule has 1 aromatic rings. The molecule has 0 fully saturated rings. The zero-order valence-corrected chi connectivity index (χ0v) is 11.0. The van der Waals surface area contributed by atoms with E-state index in [0.29, 0.717) is 18.8 Å². The lowest BCUT2D eigenvalue weighted by molar-refractivity contribution is -0.131. The predicted molar refractivity (Wildman–Crippen MR) is 71.8 cm³/mol. The van der Waals surface area contributed by atoms with Crippen LogP contribution in [-0.2, 0) is 4.79 Å². The first-order valence-electron chi connectivity index (χ1n) is 6.10. The fraction of sp³-hybridized carbons (Fsp3) is 0.462. The van der Waals surface area contributed by atoms with Gasteiger partial charge in [-0.1, -0.05) is 6.07 Å². The van der Waals surface area contributed by atoms with Crippen molar-refractivity contribution in [3.05, 3.63) is 24.0 Å². The maximum Gasteiger partial charge on any atom is 0.244 e. The van der Waals surface area contributed by atoms with E-state index < -0.39 is 11.9 Å². The molecule has 0 heterocycles. The second kappa shape index (κ2) is 6.23. The SMILES string of the molecule is CCN(CC)C(=O)C(C)Nc1cccc(F)c1N. The zero-order valence-electron chi connectivity index (χ0n) is 11.0. The fourth-order valence-electron chi connectivity index (χ4n) is 1.77. The molecule has 3 N–H and O–H groups in total. The van der Waals surface area contributed by atoms with Crippen LogP contribution in [0.15, 0.2) is 18.2 Å². The zero-order chi connectivity index (χ0) is 13.7. The molecular formula is C13H20FN3O. The topological polar surface area (TPSA) is 58.4 Å². The third kappa shape index (κ3) is 3.12. The quantitative estimate of drug-likeness (QED) is 0.790. The summed E-state index contributed by atoms with van der Waals surface area (Å²) in [7, 11) is 0. The fourth-order valence-corrected chi connectivity index (χ4v) is 1.77. The largest absolute Gasteiger partial charge is 0.395 e. The van der Waals surface area contributed by atoms with Gasteiger partial charge in [0.1, 0.15) is 11.9 Å². The number of nitrogens with one attached hydrogen (secondary N) is 1. The maximum atomic E-state index is 13.3. The number of nitrogens with two attached hydrogens (primary N) is 1. The van der Waals surface area contributed by atoms with E-state index in [1.807, 2.05) is 13.8 Å². The first-order chi connectivity index (χ1) is 8.51. The number of benzene rings is 1. The molecule has 1 aromatic carbocycles. The summed E-state index contributed by atoms with van der Waals surface area (Å²) in [5.74, 6) is -0.508. The first-order valence-corrected chi connectivity index (χ1v) is 6.10. The molecule has 0 aliphatic rings. The van der Waals surface area contributed by atoms with E-state index in [2.05, 4.69) is 5.32 Å². The van der Waals surface area contributed by atoms with Crippen LogP contribution in [0.2, 0.25) is 0 Å². The van der Waals surface area contributed by atoms with Crippen LogP contribution in [0.3, 0.4) is 0 Å². The van der Waals surface area contributed by atoms with Crippen molar-refractivity contribution in [3.63, 3.8) is 0 Å². The number of nitrogens with zero attached hydrogens (tertiary/aromatic N) is 1. The van der Waals surface area contributed by atoms with Gasteiger partial charge >= 0.3 is 0 Å². The summed E-state index contributed by atoms with van der Waals surface area (Å²) in [6, 6.07) is 4.07. The summed E-state index contributed by atoms with van der Waals surface area (Å²) in [6.45, 7) is 6.89. The van der Waals surface area contributed by atoms with Gasteiger partial charge in [0, 0.05) is 13.1 Å². The van der Waals surface area contributed by atoms with E-state index in [0.717, 1.165) is 0 Å². The van der Waals surface area contributed by atoms with E-state index in [1.54, 1.807) is 24.0 Å². The molecule has 0 saturated heterocycles. The third-order valence-electron chi connectivity index (χ3n) is 2.87. The maximum absolute atomic E-state index is 13.3. The van der Waals surface area contributed by atoms with Gasteiger partial charge in [-0.3, -0.25) is 4.79 Å². The summed E-state index contributed by atoms with van der Waals surface area (Å²) in [5, 5.41) is 2.94. The van der Waals surface area contributed by atoms with Crippen molar-refractivity contribution < 1.29 is 9.18 Å². The number of para-hydroxylation sites is 1. The van der Waals surface area contributed by atoms with Crippen molar-refractivity contribution in [3.8, 4) is 0 Å². The van der Waals surface area contributed by atoms with Crippen molar-refractivity contribution in [2.75, 3.05) is 24.1 Å². The average molecular weight is 253 g/mol.